The minimum Gasteiger partial charge on any atom is -0.346 e. The van der Waals surface area contributed by atoms with Crippen molar-refractivity contribution < 1.29 is 14.4 Å². The molecule has 3 rings (SSSR count). The van der Waals surface area contributed by atoms with Crippen LogP contribution in [-0.4, -0.2) is 59.4 Å². The van der Waals surface area contributed by atoms with Crippen LogP contribution >= 0.6 is 0 Å². The van der Waals surface area contributed by atoms with Gasteiger partial charge in [0.05, 0.1) is 5.92 Å². The molecule has 2 atom stereocenters. The Morgan fingerprint density at radius 3 is 2.36 bits per heavy atom. The van der Waals surface area contributed by atoms with Crippen molar-refractivity contribution in [1.29, 1.82) is 0 Å². The van der Waals surface area contributed by atoms with Gasteiger partial charge in [0.15, 0.2) is 0 Å². The highest BCUT2D eigenvalue weighted by Gasteiger charge is 2.50. The second kappa shape index (κ2) is 7.66. The van der Waals surface area contributed by atoms with Gasteiger partial charge in [0, 0.05) is 26.3 Å². The van der Waals surface area contributed by atoms with E-state index in [0.29, 0.717) is 23.8 Å². The number of nitrogens with one attached hydrogen (secondary N) is 1. The summed E-state index contributed by atoms with van der Waals surface area (Å²) in [6, 6.07) is 7.41. The highest BCUT2D eigenvalue weighted by Crippen LogP contribution is 2.35. The number of benzene rings is 1. The van der Waals surface area contributed by atoms with Gasteiger partial charge in [-0.2, -0.15) is 0 Å². The minimum atomic E-state index is -0.539. The van der Waals surface area contributed by atoms with E-state index < -0.39 is 12.1 Å². The van der Waals surface area contributed by atoms with Crippen molar-refractivity contribution in [3.63, 3.8) is 0 Å². The molecule has 1 aromatic carbocycles. The zero-order valence-electron chi connectivity index (χ0n) is 17.1. The summed E-state index contributed by atoms with van der Waals surface area (Å²) in [4.78, 5) is 42.5. The Morgan fingerprint density at radius 1 is 1.14 bits per heavy atom. The standard InChI is InChI=1S/C21H28N4O3/c1-6-11-25-17(12-16-19(25)23(4)21(28)24(5)20(16)27)18(26)22-15-9-7-14(8-10-15)13(2)3/h7-10,12-13,16,19H,6,11H2,1-5H3,(H,22,26). The summed E-state index contributed by atoms with van der Waals surface area (Å²) in [7, 11) is 3.15. The third-order valence-electron chi connectivity index (χ3n) is 5.42. The van der Waals surface area contributed by atoms with Crippen LogP contribution in [-0.2, 0) is 9.59 Å². The van der Waals surface area contributed by atoms with Gasteiger partial charge in [0.2, 0.25) is 5.91 Å². The van der Waals surface area contributed by atoms with E-state index in [0.717, 1.165) is 11.3 Å². The first-order valence-electron chi connectivity index (χ1n) is 9.70. The number of nitrogens with zero attached hydrogens (tertiary/aromatic N) is 3. The van der Waals surface area contributed by atoms with Gasteiger partial charge in [-0.3, -0.25) is 14.5 Å². The molecule has 4 amide bonds. The Hall–Kier alpha value is -2.83. The van der Waals surface area contributed by atoms with Crippen molar-refractivity contribution >= 4 is 23.5 Å². The zero-order valence-corrected chi connectivity index (χ0v) is 17.1. The first-order valence-corrected chi connectivity index (χ1v) is 9.70. The molecule has 1 saturated heterocycles. The number of carbonyl (C=O) groups excluding carboxylic acids is 3. The normalized spacial score (nSPS) is 21.9. The Morgan fingerprint density at radius 2 is 1.79 bits per heavy atom. The molecule has 1 N–H and O–H groups in total. The number of imide groups is 1. The maximum absolute atomic E-state index is 13.0. The van der Waals surface area contributed by atoms with Crippen LogP contribution in [0.1, 0.15) is 38.7 Å². The Kier molecular flexibility index (Phi) is 5.45. The molecule has 2 heterocycles. The van der Waals surface area contributed by atoms with Gasteiger partial charge < -0.3 is 15.1 Å². The summed E-state index contributed by atoms with van der Waals surface area (Å²) >= 11 is 0. The maximum atomic E-state index is 13.0. The lowest BCUT2D eigenvalue weighted by molar-refractivity contribution is -0.137. The molecule has 1 aromatic rings. The number of carbonyl (C=O) groups is 3. The maximum Gasteiger partial charge on any atom is 0.327 e. The molecule has 7 heteroatoms. The van der Waals surface area contributed by atoms with E-state index >= 15 is 0 Å². The van der Waals surface area contributed by atoms with Crippen molar-refractivity contribution in [2.75, 3.05) is 26.0 Å². The number of fused-ring (bicyclic) bond motifs is 1. The molecule has 0 bridgehead atoms. The second-order valence-electron chi connectivity index (χ2n) is 7.71. The number of amides is 4. The van der Waals surface area contributed by atoms with Crippen LogP contribution in [0.5, 0.6) is 0 Å². The van der Waals surface area contributed by atoms with Crippen LogP contribution in [0.2, 0.25) is 0 Å². The summed E-state index contributed by atoms with van der Waals surface area (Å²) < 4.78 is 0. The number of rotatable bonds is 5. The predicted octanol–water partition coefficient (Wildman–Crippen LogP) is 2.82. The van der Waals surface area contributed by atoms with Gasteiger partial charge in [-0.1, -0.05) is 32.9 Å². The topological polar surface area (TPSA) is 73.0 Å². The fourth-order valence-corrected chi connectivity index (χ4v) is 3.85. The molecule has 150 valence electrons. The number of hydrogen-bond acceptors (Lipinski definition) is 4. The van der Waals surface area contributed by atoms with Crippen LogP contribution in [0.15, 0.2) is 36.0 Å². The van der Waals surface area contributed by atoms with Crippen LogP contribution in [0.3, 0.4) is 0 Å². The Labute approximate surface area is 166 Å². The van der Waals surface area contributed by atoms with Gasteiger partial charge in [-0.25, -0.2) is 4.79 Å². The van der Waals surface area contributed by atoms with Gasteiger partial charge in [-0.05, 0) is 36.1 Å². The first kappa shape index (κ1) is 19.9. The van der Waals surface area contributed by atoms with E-state index in [4.69, 9.17) is 0 Å². The van der Waals surface area contributed by atoms with Crippen LogP contribution in [0.4, 0.5) is 10.5 Å². The number of anilines is 1. The molecule has 1 fully saturated rings. The molecular formula is C21H28N4O3. The average molecular weight is 384 g/mol. The van der Waals surface area contributed by atoms with Crippen molar-refractivity contribution in [3.05, 3.63) is 41.6 Å². The van der Waals surface area contributed by atoms with Gasteiger partial charge >= 0.3 is 6.03 Å². The van der Waals surface area contributed by atoms with E-state index in [-0.39, 0.29) is 17.8 Å². The lowest BCUT2D eigenvalue weighted by atomic mass is 10.0. The van der Waals surface area contributed by atoms with Crippen molar-refractivity contribution in [3.8, 4) is 0 Å². The highest BCUT2D eigenvalue weighted by molar-refractivity contribution is 6.06. The van der Waals surface area contributed by atoms with E-state index in [1.165, 1.54) is 17.5 Å². The molecule has 0 aliphatic carbocycles. The third-order valence-corrected chi connectivity index (χ3v) is 5.42. The summed E-state index contributed by atoms with van der Waals surface area (Å²) in [5, 5.41) is 2.92. The Balaban J connectivity index is 1.85. The molecular weight excluding hydrogens is 356 g/mol. The molecule has 7 nitrogen and oxygen atoms in total. The van der Waals surface area contributed by atoms with E-state index in [1.807, 2.05) is 36.1 Å². The number of hydrogen-bond donors (Lipinski definition) is 1. The fraction of sp³-hybridized carbons (Fsp3) is 0.476. The molecule has 0 saturated carbocycles. The predicted molar refractivity (Wildman–Crippen MR) is 107 cm³/mol. The van der Waals surface area contributed by atoms with Crippen LogP contribution in [0.25, 0.3) is 0 Å². The fourth-order valence-electron chi connectivity index (χ4n) is 3.85. The smallest absolute Gasteiger partial charge is 0.327 e. The number of urea groups is 1. The van der Waals surface area contributed by atoms with Gasteiger partial charge in [0.25, 0.3) is 5.91 Å². The Bertz CT molecular complexity index is 815. The third kappa shape index (κ3) is 3.37. The van der Waals surface area contributed by atoms with E-state index in [9.17, 15) is 14.4 Å². The molecule has 0 aromatic heterocycles. The van der Waals surface area contributed by atoms with Crippen LogP contribution in [0, 0.1) is 5.92 Å². The lowest BCUT2D eigenvalue weighted by Crippen LogP contribution is -2.62. The minimum absolute atomic E-state index is 0.267. The van der Waals surface area contributed by atoms with E-state index in [1.54, 1.807) is 13.1 Å². The molecule has 2 unspecified atom stereocenters. The molecule has 2 aliphatic heterocycles. The largest absolute Gasteiger partial charge is 0.346 e. The van der Waals surface area contributed by atoms with Gasteiger partial charge in [0.1, 0.15) is 11.9 Å². The highest BCUT2D eigenvalue weighted by atomic mass is 16.2. The summed E-state index contributed by atoms with van der Waals surface area (Å²) in [5.41, 5.74) is 2.34. The van der Waals surface area contributed by atoms with Crippen molar-refractivity contribution in [1.82, 2.24) is 14.7 Å². The molecule has 28 heavy (non-hydrogen) atoms. The first-order chi connectivity index (χ1) is 13.3. The second-order valence-corrected chi connectivity index (χ2v) is 7.71. The van der Waals surface area contributed by atoms with Gasteiger partial charge in [-0.15, -0.1) is 0 Å². The lowest BCUT2D eigenvalue weighted by Gasteiger charge is -2.43. The molecule has 2 aliphatic rings. The monoisotopic (exact) mass is 384 g/mol. The summed E-state index contributed by atoms with van der Waals surface area (Å²) in [6.45, 7) is 6.83. The summed E-state index contributed by atoms with van der Waals surface area (Å²) in [6.07, 6.45) is 2.03. The zero-order chi connectivity index (χ0) is 20.6. The SMILES string of the molecule is CCCN1C(C(=O)Nc2ccc(C(C)C)cc2)=CC2C(=O)N(C)C(=O)N(C)C21. The summed E-state index contributed by atoms with van der Waals surface area (Å²) in [5.74, 6) is -0.667. The van der Waals surface area contributed by atoms with Crippen molar-refractivity contribution in [2.45, 2.75) is 39.3 Å². The molecule has 0 radical (unpaired) electrons. The van der Waals surface area contributed by atoms with Crippen molar-refractivity contribution in [2.24, 2.45) is 5.92 Å². The average Bonchev–Trinajstić information content (AvgIpc) is 3.05. The quantitative estimate of drug-likeness (QED) is 0.847. The van der Waals surface area contributed by atoms with Crippen LogP contribution < -0.4 is 5.32 Å². The van der Waals surface area contributed by atoms with E-state index in [2.05, 4.69) is 19.2 Å². The molecule has 0 spiro atoms.